The zero-order valence-electron chi connectivity index (χ0n) is 16.6. The van der Waals surface area contributed by atoms with E-state index in [9.17, 15) is 18.5 Å². The monoisotopic (exact) mass is 403 g/mol. The second-order valence-electron chi connectivity index (χ2n) is 7.25. The molecule has 1 saturated heterocycles. The fraction of sp³-hybridized carbons (Fsp3) is 0.400. The molecule has 1 fully saturated rings. The molecule has 8 heteroatoms. The van der Waals surface area contributed by atoms with Crippen LogP contribution in [0.3, 0.4) is 0 Å². The molecular weight excluding hydrogens is 378 g/mol. The van der Waals surface area contributed by atoms with Crippen molar-refractivity contribution < 1.29 is 13.3 Å². The number of hydrogen-bond donors (Lipinski definition) is 0. The van der Waals surface area contributed by atoms with Gasteiger partial charge in [0.1, 0.15) is 0 Å². The summed E-state index contributed by atoms with van der Waals surface area (Å²) in [5.74, 6) is 0. The lowest BCUT2D eigenvalue weighted by Gasteiger charge is -2.36. The lowest BCUT2D eigenvalue weighted by molar-refractivity contribution is -0.385. The Balaban J connectivity index is 1.86. The topological polar surface area (TPSA) is 83.8 Å². The van der Waals surface area contributed by atoms with Gasteiger partial charge in [-0.1, -0.05) is 12.1 Å². The predicted octanol–water partition coefficient (Wildman–Crippen LogP) is 3.34. The van der Waals surface area contributed by atoms with Crippen LogP contribution in [0.4, 0.5) is 11.4 Å². The van der Waals surface area contributed by atoms with Gasteiger partial charge in [-0.3, -0.25) is 10.1 Å². The summed E-state index contributed by atoms with van der Waals surface area (Å²) in [4.78, 5) is 12.8. The van der Waals surface area contributed by atoms with Gasteiger partial charge in [-0.05, 0) is 56.0 Å². The Morgan fingerprint density at radius 3 is 2.18 bits per heavy atom. The van der Waals surface area contributed by atoms with Gasteiger partial charge < -0.3 is 4.90 Å². The van der Waals surface area contributed by atoms with Crippen LogP contribution in [0.15, 0.2) is 35.2 Å². The maximum absolute atomic E-state index is 13.2. The molecule has 2 aromatic carbocycles. The van der Waals surface area contributed by atoms with Crippen LogP contribution < -0.4 is 4.90 Å². The van der Waals surface area contributed by atoms with Crippen molar-refractivity contribution in [2.45, 2.75) is 32.6 Å². The number of benzene rings is 2. The maximum atomic E-state index is 13.2. The molecule has 0 amide bonds. The Kier molecular flexibility index (Phi) is 5.45. The molecule has 0 radical (unpaired) electrons. The van der Waals surface area contributed by atoms with E-state index in [2.05, 4.69) is 30.9 Å². The molecule has 1 heterocycles. The molecule has 0 saturated carbocycles. The maximum Gasteiger partial charge on any atom is 0.271 e. The van der Waals surface area contributed by atoms with E-state index in [0.717, 1.165) is 5.69 Å². The van der Waals surface area contributed by atoms with Crippen molar-refractivity contribution in [2.24, 2.45) is 0 Å². The lowest BCUT2D eigenvalue weighted by atomic mass is 10.1. The number of sulfonamides is 1. The minimum absolute atomic E-state index is 0.0272. The Morgan fingerprint density at radius 2 is 1.57 bits per heavy atom. The molecule has 150 valence electrons. The summed E-state index contributed by atoms with van der Waals surface area (Å²) in [6, 6.07) is 8.71. The van der Waals surface area contributed by atoms with Crippen LogP contribution in [0, 0.1) is 37.8 Å². The summed E-state index contributed by atoms with van der Waals surface area (Å²) < 4.78 is 27.8. The summed E-state index contributed by atoms with van der Waals surface area (Å²) in [5.41, 5.74) is 4.48. The van der Waals surface area contributed by atoms with E-state index < -0.39 is 14.9 Å². The molecule has 1 aliphatic heterocycles. The third-order valence-corrected chi connectivity index (χ3v) is 7.61. The Hall–Kier alpha value is -2.45. The second-order valence-corrected chi connectivity index (χ2v) is 9.16. The Bertz CT molecular complexity index is 1030. The Labute approximate surface area is 165 Å². The number of piperazine rings is 1. The highest BCUT2D eigenvalue weighted by Crippen LogP contribution is 2.30. The van der Waals surface area contributed by atoms with Crippen molar-refractivity contribution in [3.63, 3.8) is 0 Å². The molecule has 3 rings (SSSR count). The van der Waals surface area contributed by atoms with Crippen LogP contribution in [0.2, 0.25) is 0 Å². The van der Waals surface area contributed by atoms with E-state index >= 15 is 0 Å². The summed E-state index contributed by atoms with van der Waals surface area (Å²) >= 11 is 0. The number of nitrogens with zero attached hydrogens (tertiary/aromatic N) is 3. The van der Waals surface area contributed by atoms with Crippen LogP contribution in [0.1, 0.15) is 22.3 Å². The average molecular weight is 404 g/mol. The molecule has 7 nitrogen and oxygen atoms in total. The average Bonchev–Trinajstić information content (AvgIpc) is 2.66. The SMILES string of the molecule is Cc1cccc(N2CCN(S(=O)(=O)c3cc([N+](=O)[O-])cc(C)c3C)CC2)c1C. The molecule has 28 heavy (non-hydrogen) atoms. The molecule has 0 N–H and O–H groups in total. The smallest absolute Gasteiger partial charge is 0.271 e. The number of nitro benzene ring substituents is 1. The standard InChI is InChI=1S/C20H25N3O4S/c1-14-6-5-7-19(16(14)3)21-8-10-22(11-9-21)28(26,27)20-13-18(23(24)25)12-15(2)17(20)4/h5-7,12-13H,8-11H2,1-4H3. The highest BCUT2D eigenvalue weighted by atomic mass is 32.2. The van der Waals surface area contributed by atoms with Crippen LogP contribution in [-0.4, -0.2) is 43.8 Å². The van der Waals surface area contributed by atoms with Gasteiger partial charge in [0, 0.05) is 44.0 Å². The van der Waals surface area contributed by atoms with Gasteiger partial charge in [0.05, 0.1) is 9.82 Å². The van der Waals surface area contributed by atoms with Gasteiger partial charge in [-0.2, -0.15) is 4.31 Å². The number of nitro groups is 1. The highest BCUT2D eigenvalue weighted by molar-refractivity contribution is 7.89. The van der Waals surface area contributed by atoms with Gasteiger partial charge in [-0.25, -0.2) is 8.42 Å². The first kappa shape index (κ1) is 20.3. The van der Waals surface area contributed by atoms with E-state index in [1.807, 2.05) is 6.07 Å². The number of hydrogen-bond acceptors (Lipinski definition) is 5. The molecule has 0 spiro atoms. The summed E-state index contributed by atoms with van der Waals surface area (Å²) in [5, 5.41) is 11.2. The molecule has 0 atom stereocenters. The van der Waals surface area contributed by atoms with Crippen molar-refractivity contribution in [2.75, 3.05) is 31.1 Å². The molecule has 0 aliphatic carbocycles. The van der Waals surface area contributed by atoms with E-state index in [-0.39, 0.29) is 10.6 Å². The third-order valence-electron chi connectivity index (χ3n) is 5.59. The van der Waals surface area contributed by atoms with Crippen LogP contribution in [0.25, 0.3) is 0 Å². The zero-order valence-corrected chi connectivity index (χ0v) is 17.4. The molecule has 2 aromatic rings. The molecular formula is C20H25N3O4S. The van der Waals surface area contributed by atoms with Crippen LogP contribution in [-0.2, 0) is 10.0 Å². The quantitative estimate of drug-likeness (QED) is 0.577. The first-order valence-electron chi connectivity index (χ1n) is 9.20. The lowest BCUT2D eigenvalue weighted by Crippen LogP contribution is -2.49. The zero-order chi connectivity index (χ0) is 20.6. The minimum atomic E-state index is -3.79. The summed E-state index contributed by atoms with van der Waals surface area (Å²) in [6.07, 6.45) is 0. The van der Waals surface area contributed by atoms with E-state index in [4.69, 9.17) is 0 Å². The third kappa shape index (κ3) is 3.62. The molecule has 1 aliphatic rings. The van der Waals surface area contributed by atoms with Crippen LogP contribution in [0.5, 0.6) is 0 Å². The van der Waals surface area contributed by atoms with Crippen molar-refractivity contribution in [1.29, 1.82) is 0 Å². The normalized spacial score (nSPS) is 15.6. The van der Waals surface area contributed by atoms with Gasteiger partial charge in [0.25, 0.3) is 5.69 Å². The summed E-state index contributed by atoms with van der Waals surface area (Å²) in [7, 11) is -3.79. The number of anilines is 1. The van der Waals surface area contributed by atoms with Crippen LogP contribution >= 0.6 is 0 Å². The first-order chi connectivity index (χ1) is 13.1. The van der Waals surface area contributed by atoms with Gasteiger partial charge in [0.15, 0.2) is 0 Å². The summed E-state index contributed by atoms with van der Waals surface area (Å²) in [6.45, 7) is 9.37. The molecule has 0 aromatic heterocycles. The van der Waals surface area contributed by atoms with E-state index in [1.54, 1.807) is 13.8 Å². The number of non-ortho nitro benzene ring substituents is 1. The van der Waals surface area contributed by atoms with Gasteiger partial charge >= 0.3 is 0 Å². The first-order valence-corrected chi connectivity index (χ1v) is 10.6. The molecule has 0 bridgehead atoms. The fourth-order valence-corrected chi connectivity index (χ4v) is 5.31. The number of aryl methyl sites for hydroxylation is 2. The largest absolute Gasteiger partial charge is 0.369 e. The Morgan fingerprint density at radius 1 is 0.929 bits per heavy atom. The van der Waals surface area contributed by atoms with Crippen molar-refractivity contribution in [3.8, 4) is 0 Å². The van der Waals surface area contributed by atoms with Crippen molar-refractivity contribution in [1.82, 2.24) is 4.31 Å². The second kappa shape index (κ2) is 7.52. The number of rotatable bonds is 4. The predicted molar refractivity (Wildman–Crippen MR) is 109 cm³/mol. The minimum Gasteiger partial charge on any atom is -0.369 e. The van der Waals surface area contributed by atoms with E-state index in [0.29, 0.717) is 37.3 Å². The fourth-order valence-electron chi connectivity index (χ4n) is 3.57. The van der Waals surface area contributed by atoms with Gasteiger partial charge in [0.2, 0.25) is 10.0 Å². The van der Waals surface area contributed by atoms with Crippen molar-refractivity contribution >= 4 is 21.4 Å². The van der Waals surface area contributed by atoms with Gasteiger partial charge in [-0.15, -0.1) is 0 Å². The highest BCUT2D eigenvalue weighted by Gasteiger charge is 2.31. The van der Waals surface area contributed by atoms with E-state index in [1.165, 1.54) is 27.6 Å². The van der Waals surface area contributed by atoms with Crippen molar-refractivity contribution in [3.05, 3.63) is 62.7 Å². The molecule has 0 unspecified atom stereocenters.